The molecular weight excluding hydrogens is 422 g/mol. The van der Waals surface area contributed by atoms with Crippen molar-refractivity contribution in [1.29, 1.82) is 0 Å². The molecule has 0 radical (unpaired) electrons. The number of carbonyl (C=O) groups is 3. The molecular formula is C18H14F6N2O4. The maximum absolute atomic E-state index is 13.0. The van der Waals surface area contributed by atoms with Crippen LogP contribution in [-0.4, -0.2) is 41.6 Å². The highest BCUT2D eigenvalue weighted by Crippen LogP contribution is 2.49. The summed E-state index contributed by atoms with van der Waals surface area (Å²) >= 11 is 0. The van der Waals surface area contributed by atoms with E-state index < -0.39 is 59.5 Å². The Morgan fingerprint density at radius 3 is 2.30 bits per heavy atom. The van der Waals surface area contributed by atoms with Gasteiger partial charge in [-0.2, -0.15) is 26.3 Å². The van der Waals surface area contributed by atoms with Crippen molar-refractivity contribution in [2.75, 3.05) is 11.4 Å². The first kappa shape index (κ1) is 20.6. The van der Waals surface area contributed by atoms with Crippen LogP contribution in [0, 0.1) is 17.8 Å². The van der Waals surface area contributed by atoms with E-state index in [0.717, 1.165) is 17.2 Å². The molecule has 12 heteroatoms. The molecule has 5 rings (SSSR count). The number of benzene rings is 1. The molecule has 2 unspecified atom stereocenters. The molecule has 1 aromatic rings. The van der Waals surface area contributed by atoms with E-state index >= 15 is 0 Å². The maximum Gasteiger partial charge on any atom is 0.492 e. The quantitative estimate of drug-likeness (QED) is 0.527. The number of rotatable bonds is 2. The summed E-state index contributed by atoms with van der Waals surface area (Å²) in [4.78, 5) is 42.2. The monoisotopic (exact) mass is 436 g/mol. The largest absolute Gasteiger partial charge is 0.492 e. The van der Waals surface area contributed by atoms with Gasteiger partial charge in [-0.05, 0) is 37.0 Å². The summed E-state index contributed by atoms with van der Waals surface area (Å²) in [5, 5.41) is 0.784. The van der Waals surface area contributed by atoms with E-state index in [1.165, 1.54) is 6.07 Å². The minimum Gasteiger partial charge on any atom is -0.360 e. The van der Waals surface area contributed by atoms with Crippen LogP contribution in [0.15, 0.2) is 24.3 Å². The third-order valence-electron chi connectivity index (χ3n) is 5.80. The molecule has 0 aromatic heterocycles. The first-order valence-corrected chi connectivity index (χ1v) is 9.00. The third kappa shape index (κ3) is 3.22. The third-order valence-corrected chi connectivity index (χ3v) is 5.80. The van der Waals surface area contributed by atoms with Crippen molar-refractivity contribution in [2.45, 2.75) is 31.2 Å². The fraction of sp³-hybridized carbons (Fsp3) is 0.500. The van der Waals surface area contributed by atoms with Crippen LogP contribution in [0.1, 0.15) is 18.4 Å². The van der Waals surface area contributed by atoms with Crippen LogP contribution >= 0.6 is 0 Å². The first-order chi connectivity index (χ1) is 13.9. The van der Waals surface area contributed by atoms with Gasteiger partial charge in [-0.15, -0.1) is 5.06 Å². The van der Waals surface area contributed by atoms with Gasteiger partial charge in [0.25, 0.3) is 0 Å². The Kier molecular flexibility index (Phi) is 4.60. The van der Waals surface area contributed by atoms with Crippen molar-refractivity contribution in [3.8, 4) is 0 Å². The summed E-state index contributed by atoms with van der Waals surface area (Å²) < 4.78 is 76.7. The molecule has 4 aliphatic rings. The normalized spacial score (nSPS) is 29.3. The first-order valence-electron chi connectivity index (χ1n) is 9.00. The van der Waals surface area contributed by atoms with E-state index in [2.05, 4.69) is 4.84 Å². The highest BCUT2D eigenvalue weighted by Gasteiger charge is 2.62. The number of hydroxylamine groups is 2. The Bertz CT molecular complexity index is 915. The van der Waals surface area contributed by atoms with Crippen molar-refractivity contribution in [1.82, 2.24) is 5.06 Å². The minimum atomic E-state index is -5.23. The number of nitrogens with zero attached hydrogens (tertiary/aromatic N) is 2. The number of carbonyl (C=O) groups excluding carboxylic acids is 3. The summed E-state index contributed by atoms with van der Waals surface area (Å²) in [5.41, 5.74) is -1.30. The summed E-state index contributed by atoms with van der Waals surface area (Å²) in [5.74, 6) is -6.48. The fourth-order valence-electron chi connectivity index (χ4n) is 4.59. The van der Waals surface area contributed by atoms with Crippen LogP contribution in [-0.2, 0) is 25.4 Å². The average molecular weight is 436 g/mol. The van der Waals surface area contributed by atoms with Gasteiger partial charge in [0.1, 0.15) is 0 Å². The van der Waals surface area contributed by atoms with Crippen molar-refractivity contribution in [2.24, 2.45) is 17.8 Å². The molecule has 0 N–H and O–H groups in total. The van der Waals surface area contributed by atoms with E-state index in [9.17, 15) is 40.7 Å². The van der Waals surface area contributed by atoms with E-state index in [1.54, 1.807) is 0 Å². The van der Waals surface area contributed by atoms with E-state index in [-0.39, 0.29) is 18.7 Å². The second kappa shape index (κ2) is 6.69. The number of hydrogen-bond donors (Lipinski definition) is 0. The van der Waals surface area contributed by atoms with Gasteiger partial charge in [-0.3, -0.25) is 9.59 Å². The molecule has 4 atom stereocenters. The molecule has 0 spiro atoms. The Labute approximate surface area is 165 Å². The molecule has 162 valence electrons. The SMILES string of the molecule is O=C1[C@@H]2C3CCC(CN3OC(=O)C(F)(F)F)[C@@H]2C(=O)N1c1cccc(C(F)(F)F)c1. The van der Waals surface area contributed by atoms with Gasteiger partial charge in [-0.1, -0.05) is 6.07 Å². The summed E-state index contributed by atoms with van der Waals surface area (Å²) in [7, 11) is 0. The molecule has 3 saturated heterocycles. The molecule has 1 aromatic carbocycles. The topological polar surface area (TPSA) is 66.9 Å². The predicted octanol–water partition coefficient (Wildman–Crippen LogP) is 2.93. The number of fused-ring (bicyclic) bond motifs is 2. The van der Waals surface area contributed by atoms with Crippen LogP contribution in [0.4, 0.5) is 32.0 Å². The van der Waals surface area contributed by atoms with E-state index in [1.807, 2.05) is 0 Å². The number of halogens is 6. The van der Waals surface area contributed by atoms with Gasteiger partial charge < -0.3 is 4.84 Å². The van der Waals surface area contributed by atoms with Crippen LogP contribution < -0.4 is 4.90 Å². The standard InChI is InChI=1S/C18H14F6N2O4/c19-17(20,21)9-2-1-3-10(6-9)26-14(27)12-8-4-5-11(13(12)15(26)28)25(7-8)30-16(29)18(22,23)24/h1-3,6,8,11-13H,4-5,7H2/t8?,11?,12-,13+/m0/s1. The number of alkyl halides is 6. The zero-order valence-electron chi connectivity index (χ0n) is 15.0. The minimum absolute atomic E-state index is 0.164. The van der Waals surface area contributed by atoms with Crippen molar-refractivity contribution < 1.29 is 45.6 Å². The maximum atomic E-state index is 13.0. The lowest BCUT2D eigenvalue weighted by molar-refractivity contribution is -0.268. The van der Waals surface area contributed by atoms with Crippen LogP contribution in [0.5, 0.6) is 0 Å². The van der Waals surface area contributed by atoms with E-state index in [0.29, 0.717) is 17.4 Å². The molecule has 30 heavy (non-hydrogen) atoms. The highest BCUT2D eigenvalue weighted by molar-refractivity contribution is 6.22. The number of amides is 2. The molecule has 2 amide bonds. The molecule has 3 heterocycles. The summed E-state index contributed by atoms with van der Waals surface area (Å²) in [6.45, 7) is -0.164. The lowest BCUT2D eigenvalue weighted by Gasteiger charge is -2.48. The molecule has 1 saturated carbocycles. The molecule has 6 nitrogen and oxygen atoms in total. The van der Waals surface area contributed by atoms with Gasteiger partial charge in [0.05, 0.1) is 29.1 Å². The molecule has 3 aliphatic heterocycles. The van der Waals surface area contributed by atoms with Gasteiger partial charge in [-0.25, -0.2) is 9.69 Å². The van der Waals surface area contributed by atoms with Crippen molar-refractivity contribution in [3.05, 3.63) is 29.8 Å². The molecule has 4 fully saturated rings. The van der Waals surface area contributed by atoms with Gasteiger partial charge >= 0.3 is 18.3 Å². The van der Waals surface area contributed by atoms with Crippen LogP contribution in [0.25, 0.3) is 0 Å². The number of anilines is 1. The molecule has 1 aliphatic carbocycles. The number of hydrogen-bond acceptors (Lipinski definition) is 5. The summed E-state index contributed by atoms with van der Waals surface area (Å²) in [6.07, 6.45) is -9.28. The van der Waals surface area contributed by atoms with Gasteiger partial charge in [0.15, 0.2) is 0 Å². The second-order valence-electron chi connectivity index (χ2n) is 7.49. The number of imide groups is 1. The Morgan fingerprint density at radius 1 is 1.00 bits per heavy atom. The second-order valence-corrected chi connectivity index (χ2v) is 7.49. The smallest absolute Gasteiger partial charge is 0.360 e. The fourth-order valence-corrected chi connectivity index (χ4v) is 4.59. The molecule has 2 bridgehead atoms. The van der Waals surface area contributed by atoms with Crippen molar-refractivity contribution in [3.63, 3.8) is 0 Å². The highest BCUT2D eigenvalue weighted by atomic mass is 19.4. The zero-order chi connectivity index (χ0) is 22.0. The Balaban J connectivity index is 1.63. The Morgan fingerprint density at radius 2 is 1.67 bits per heavy atom. The Hall–Kier alpha value is -2.63. The predicted molar refractivity (Wildman–Crippen MR) is 86.3 cm³/mol. The lowest BCUT2D eigenvalue weighted by atomic mass is 9.67. The lowest BCUT2D eigenvalue weighted by Crippen LogP contribution is -2.59. The number of piperidine rings is 2. The van der Waals surface area contributed by atoms with E-state index in [4.69, 9.17) is 0 Å². The summed E-state index contributed by atoms with van der Waals surface area (Å²) in [6, 6.07) is 2.76. The van der Waals surface area contributed by atoms with Gasteiger partial charge in [0, 0.05) is 6.54 Å². The zero-order valence-corrected chi connectivity index (χ0v) is 15.0. The average Bonchev–Trinajstić information content (AvgIpc) is 2.93. The van der Waals surface area contributed by atoms with Gasteiger partial charge in [0.2, 0.25) is 11.8 Å². The van der Waals surface area contributed by atoms with Crippen molar-refractivity contribution >= 4 is 23.5 Å². The van der Waals surface area contributed by atoms with Crippen LogP contribution in [0.2, 0.25) is 0 Å². The van der Waals surface area contributed by atoms with Crippen LogP contribution in [0.3, 0.4) is 0 Å².